The van der Waals surface area contributed by atoms with E-state index in [0.29, 0.717) is 5.65 Å². The molecular formula is C22H26FN9O10P2S2. The molecule has 3 fully saturated rings. The summed E-state index contributed by atoms with van der Waals surface area (Å²) in [7, 11) is 0. The average Bonchev–Trinajstić information content (AvgIpc) is 3.81. The first kappa shape index (κ1) is 32.1. The zero-order valence-electron chi connectivity index (χ0n) is 23.5. The molecule has 46 heavy (non-hydrogen) atoms. The van der Waals surface area contributed by atoms with Crippen molar-refractivity contribution in [1.82, 2.24) is 39.0 Å². The summed E-state index contributed by atoms with van der Waals surface area (Å²) in [5, 5.41) is 0. The number of hydrogen-bond donors (Lipinski definition) is 5. The summed E-state index contributed by atoms with van der Waals surface area (Å²) < 4.78 is 67.0. The number of hydrogen-bond acceptors (Lipinski definition) is 15. The number of aromatic amines is 1. The number of H-pyrrole nitrogens is 1. The maximum atomic E-state index is 15.9. The van der Waals surface area contributed by atoms with Gasteiger partial charge in [-0.25, -0.2) is 33.9 Å². The number of thiol groups is 1. The van der Waals surface area contributed by atoms with Gasteiger partial charge in [0, 0.05) is 0 Å². The van der Waals surface area contributed by atoms with E-state index in [1.165, 1.54) is 28.1 Å². The topological polar surface area (TPSA) is 246 Å². The van der Waals surface area contributed by atoms with Crippen molar-refractivity contribution in [3.8, 4) is 0 Å². The Balaban J connectivity index is 1.11. The van der Waals surface area contributed by atoms with Crippen molar-refractivity contribution < 1.29 is 46.5 Å². The first-order chi connectivity index (χ1) is 21.8. The molecule has 7 rings (SSSR count). The van der Waals surface area contributed by atoms with Gasteiger partial charge in [-0.15, -0.1) is 0 Å². The van der Waals surface area contributed by atoms with E-state index in [2.05, 4.69) is 42.2 Å². The van der Waals surface area contributed by atoms with Crippen LogP contribution in [0.15, 0.2) is 30.1 Å². The monoisotopic (exact) mass is 721 g/mol. The van der Waals surface area contributed by atoms with E-state index in [-0.39, 0.29) is 35.5 Å². The minimum atomic E-state index is -4.39. The Labute approximate surface area is 267 Å². The molecule has 24 heteroatoms. The number of aromatic nitrogens is 8. The van der Waals surface area contributed by atoms with Gasteiger partial charge in [-0.3, -0.25) is 27.5 Å². The molecule has 4 aromatic rings. The molecule has 248 valence electrons. The van der Waals surface area contributed by atoms with E-state index < -0.39 is 74.3 Å². The number of halogens is 1. The van der Waals surface area contributed by atoms with Crippen molar-refractivity contribution in [1.29, 1.82) is 0 Å². The van der Waals surface area contributed by atoms with E-state index in [0.717, 1.165) is 6.33 Å². The van der Waals surface area contributed by atoms with E-state index >= 15 is 4.39 Å². The van der Waals surface area contributed by atoms with Gasteiger partial charge in [-0.1, -0.05) is 19.2 Å². The third-order valence-electron chi connectivity index (χ3n) is 7.92. The molecule has 2 bridgehead atoms. The predicted molar refractivity (Wildman–Crippen MR) is 161 cm³/mol. The molecule has 0 aromatic carbocycles. The zero-order chi connectivity index (χ0) is 32.6. The molecule has 0 aliphatic carbocycles. The number of fused-ring (bicyclic) bond motifs is 4. The molecule has 19 nitrogen and oxygen atoms in total. The second-order valence-corrected chi connectivity index (χ2v) is 16.2. The molecule has 0 saturated carbocycles. The van der Waals surface area contributed by atoms with Crippen LogP contribution in [0, 0.1) is 0 Å². The summed E-state index contributed by atoms with van der Waals surface area (Å²) in [6, 6.07) is 0. The lowest BCUT2D eigenvalue weighted by Crippen LogP contribution is -2.45. The van der Waals surface area contributed by atoms with E-state index in [1.807, 2.05) is 0 Å². The van der Waals surface area contributed by atoms with Crippen LogP contribution >= 0.6 is 25.8 Å². The first-order valence-electron chi connectivity index (χ1n) is 13.6. The number of nitrogens with two attached hydrogens (primary N) is 1. The minimum Gasteiger partial charge on any atom is -0.382 e. The number of nitrogens with zero attached hydrogens (tertiary/aromatic N) is 7. The first-order valence-corrected chi connectivity index (χ1v) is 18.9. The zero-order valence-corrected chi connectivity index (χ0v) is 27.0. The van der Waals surface area contributed by atoms with Gasteiger partial charge in [-0.05, 0) is 18.2 Å². The van der Waals surface area contributed by atoms with Crippen LogP contribution in [-0.4, -0.2) is 98.2 Å². The molecular weight excluding hydrogens is 695 g/mol. The molecule has 0 amide bonds. The molecule has 4 aromatic heterocycles. The fourth-order valence-electron chi connectivity index (χ4n) is 5.88. The van der Waals surface area contributed by atoms with Gasteiger partial charge in [0.15, 0.2) is 41.3 Å². The summed E-state index contributed by atoms with van der Waals surface area (Å²) in [6.07, 6.45) is -3.52. The lowest BCUT2D eigenvalue weighted by Gasteiger charge is -2.32. The van der Waals surface area contributed by atoms with Crippen LogP contribution in [-0.2, 0) is 44.2 Å². The second kappa shape index (κ2) is 11.6. The van der Waals surface area contributed by atoms with Crippen LogP contribution < -0.4 is 11.3 Å². The van der Waals surface area contributed by atoms with Gasteiger partial charge in [0.25, 0.3) is 5.56 Å². The van der Waals surface area contributed by atoms with Crippen LogP contribution in [0.25, 0.3) is 22.3 Å². The number of imidazole rings is 2. The number of nitrogens with one attached hydrogen (secondary N) is 1. The molecule has 5 N–H and O–H groups in total. The number of rotatable bonds is 10. The van der Waals surface area contributed by atoms with Gasteiger partial charge < -0.3 is 34.7 Å². The minimum absolute atomic E-state index is 0.0159. The number of nitrogen functional groups attached to an aromatic ring is 1. The molecule has 2 unspecified atom stereocenters. The Kier molecular flexibility index (Phi) is 8.10. The van der Waals surface area contributed by atoms with Crippen molar-refractivity contribution >= 4 is 65.7 Å². The maximum absolute atomic E-state index is 15.9. The summed E-state index contributed by atoms with van der Waals surface area (Å²) in [6.45, 7) is -7.74. The normalized spacial score (nSPS) is 32.5. The molecule has 3 aliphatic heterocycles. The van der Waals surface area contributed by atoms with Crippen molar-refractivity contribution in [3.63, 3.8) is 0 Å². The largest absolute Gasteiger partial charge is 0.386 e. The van der Waals surface area contributed by atoms with Gasteiger partial charge >= 0.3 is 13.5 Å². The molecule has 3 saturated heterocycles. The number of alkyl halides is 1. The van der Waals surface area contributed by atoms with E-state index in [4.69, 9.17) is 45.3 Å². The standard InChI is InChI=1S/C22H26FN9O10P2S2/c1-2-9-13(10(23)20(39-9)31-8-30-12-18(31)27-6-28-19(12)33)41-44(36,46)38-4-22-3-37-14(15(22)42-43(34,35)45)21(40-22)32-7-29-11-16(24)25-5-26-17(11)32/h5-10,13-15,20-21H,2-4H2,1H3,(H,36,46)(H2,24,25,26)(H,27,28,33)(H2,34,35,45)/t9-,10-,13-,14-,15+,20-,21-,22?,44?/m1/s1. The summed E-state index contributed by atoms with van der Waals surface area (Å²) in [5.41, 5.74) is 4.43. The Morgan fingerprint density at radius 3 is 2.63 bits per heavy atom. The fraction of sp³-hybridized carbons (Fsp3) is 0.545. The van der Waals surface area contributed by atoms with Gasteiger partial charge in [0.05, 0.1) is 38.3 Å². The Morgan fingerprint density at radius 1 is 1.17 bits per heavy atom. The molecule has 3 aliphatic rings. The van der Waals surface area contributed by atoms with Crippen LogP contribution in [0.1, 0.15) is 25.8 Å². The highest BCUT2D eigenvalue weighted by atomic mass is 32.7. The smallest absolute Gasteiger partial charge is 0.382 e. The van der Waals surface area contributed by atoms with Crippen LogP contribution in [0.5, 0.6) is 0 Å². The number of anilines is 1. The van der Waals surface area contributed by atoms with Crippen LogP contribution in [0.2, 0.25) is 0 Å². The fourth-order valence-corrected chi connectivity index (χ4v) is 8.26. The van der Waals surface area contributed by atoms with Gasteiger partial charge in [-0.2, -0.15) is 0 Å². The third kappa shape index (κ3) is 5.49. The van der Waals surface area contributed by atoms with Crippen molar-refractivity contribution in [2.45, 2.75) is 62.0 Å². The maximum Gasteiger partial charge on any atom is 0.386 e. The Hall–Kier alpha value is -2.46. The molecule has 9 atom stereocenters. The second-order valence-electron chi connectivity index (χ2n) is 10.7. The summed E-state index contributed by atoms with van der Waals surface area (Å²) in [5.74, 6) is 0.119. The quantitative estimate of drug-likeness (QED) is 0.113. The highest BCUT2D eigenvalue weighted by Gasteiger charge is 2.65. The van der Waals surface area contributed by atoms with Gasteiger partial charge in [0.2, 0.25) is 0 Å². The predicted octanol–water partition coefficient (Wildman–Crippen LogP) is 0.888. The SMILES string of the molecule is CC[C@H]1O[C@@H](n2cnc3c(=O)[nH]cnc32)[C@H](F)[C@@H]1OP(=O)(S)OCC12CO[C@@H]([C@H](n3cnc4c(N)ncnc43)O1)[C@@H]2OP(O)(O)=S. The Bertz CT molecular complexity index is 1960. The summed E-state index contributed by atoms with van der Waals surface area (Å²) in [4.78, 5) is 55.0. The average molecular weight is 722 g/mol. The Morgan fingerprint density at radius 2 is 1.89 bits per heavy atom. The highest BCUT2D eigenvalue weighted by Crippen LogP contribution is 2.59. The van der Waals surface area contributed by atoms with E-state index in [9.17, 15) is 19.1 Å². The lowest BCUT2D eigenvalue weighted by atomic mass is 10.0. The summed E-state index contributed by atoms with van der Waals surface area (Å²) >= 11 is 8.82. The van der Waals surface area contributed by atoms with Crippen molar-refractivity contribution in [2.24, 2.45) is 0 Å². The third-order valence-corrected chi connectivity index (χ3v) is 10.3. The van der Waals surface area contributed by atoms with E-state index in [1.54, 1.807) is 6.92 Å². The highest BCUT2D eigenvalue weighted by molar-refractivity contribution is 8.44. The molecule has 0 spiro atoms. The van der Waals surface area contributed by atoms with Crippen molar-refractivity contribution in [2.75, 3.05) is 18.9 Å². The van der Waals surface area contributed by atoms with Crippen LogP contribution in [0.3, 0.4) is 0 Å². The van der Waals surface area contributed by atoms with Gasteiger partial charge in [0.1, 0.15) is 35.8 Å². The van der Waals surface area contributed by atoms with Crippen molar-refractivity contribution in [3.05, 3.63) is 35.7 Å². The lowest BCUT2D eigenvalue weighted by molar-refractivity contribution is -0.182. The molecule has 0 radical (unpaired) electrons. The number of ether oxygens (including phenoxy) is 3. The van der Waals surface area contributed by atoms with Crippen LogP contribution in [0.4, 0.5) is 10.2 Å². The molecule has 7 heterocycles.